The zero-order valence-electron chi connectivity index (χ0n) is 23.6. The lowest BCUT2D eigenvalue weighted by Crippen LogP contribution is -2.56. The first-order valence-electron chi connectivity index (χ1n) is 12.3. The van der Waals surface area contributed by atoms with Gasteiger partial charge in [-0.25, -0.2) is 9.59 Å². The third-order valence-electron chi connectivity index (χ3n) is 6.51. The maximum absolute atomic E-state index is 12.8. The van der Waals surface area contributed by atoms with Crippen LogP contribution in [0.15, 0.2) is 30.3 Å². The van der Waals surface area contributed by atoms with E-state index >= 15 is 0 Å². The summed E-state index contributed by atoms with van der Waals surface area (Å²) in [6.45, 7) is 13.2. The van der Waals surface area contributed by atoms with Crippen molar-refractivity contribution in [1.29, 1.82) is 0 Å². The number of carbonyl (C=O) groups is 2. The Balaban J connectivity index is 2.33. The van der Waals surface area contributed by atoms with Gasteiger partial charge in [0.2, 0.25) is 0 Å². The van der Waals surface area contributed by atoms with E-state index in [-0.39, 0.29) is 18.3 Å². The summed E-state index contributed by atoms with van der Waals surface area (Å²) in [6, 6.07) is 7.62. The number of hydrogen-bond acceptors (Lipinski definition) is 10. The van der Waals surface area contributed by atoms with Gasteiger partial charge in [-0.3, -0.25) is 4.18 Å². The fourth-order valence-corrected chi connectivity index (χ4v) is 5.19. The van der Waals surface area contributed by atoms with E-state index < -0.39 is 60.6 Å². The van der Waals surface area contributed by atoms with E-state index in [9.17, 15) is 18.0 Å². The van der Waals surface area contributed by atoms with Gasteiger partial charge in [-0.15, -0.1) is 0 Å². The molecule has 4 atom stereocenters. The molecule has 1 amide bonds. The average molecular weight is 576 g/mol. The maximum atomic E-state index is 12.8. The van der Waals surface area contributed by atoms with E-state index in [2.05, 4.69) is 5.32 Å². The van der Waals surface area contributed by atoms with Crippen molar-refractivity contribution >= 4 is 30.5 Å². The predicted octanol–water partition coefficient (Wildman–Crippen LogP) is 3.34. The summed E-state index contributed by atoms with van der Waals surface area (Å²) in [5.41, 5.74) is 0.751. The first kappa shape index (κ1) is 32.2. The smallest absolute Gasteiger partial charge is 0.408 e. The van der Waals surface area contributed by atoms with Crippen molar-refractivity contribution in [3.63, 3.8) is 0 Å². The highest BCUT2D eigenvalue weighted by atomic mass is 32.2. The van der Waals surface area contributed by atoms with Gasteiger partial charge in [0.25, 0.3) is 10.1 Å². The zero-order valence-corrected chi connectivity index (χ0v) is 25.4. The molecule has 1 aliphatic rings. The highest BCUT2D eigenvalue weighted by molar-refractivity contribution is 7.86. The molecule has 1 fully saturated rings. The van der Waals surface area contributed by atoms with Gasteiger partial charge in [0, 0.05) is 0 Å². The van der Waals surface area contributed by atoms with Gasteiger partial charge in [0.05, 0.1) is 20.0 Å². The minimum absolute atomic E-state index is 0.0301. The summed E-state index contributed by atoms with van der Waals surface area (Å²) in [5, 5.41) is 2.32. The van der Waals surface area contributed by atoms with Crippen LogP contribution in [0.1, 0.15) is 40.2 Å². The van der Waals surface area contributed by atoms with Crippen molar-refractivity contribution in [1.82, 2.24) is 5.32 Å². The summed E-state index contributed by atoms with van der Waals surface area (Å²) >= 11 is 0. The molecule has 1 heterocycles. The second kappa shape index (κ2) is 12.4. The molecule has 13 heteroatoms. The van der Waals surface area contributed by atoms with E-state index in [4.69, 9.17) is 27.6 Å². The highest BCUT2D eigenvalue weighted by Crippen LogP contribution is 2.38. The first-order chi connectivity index (χ1) is 17.4. The molecule has 216 valence electrons. The summed E-state index contributed by atoms with van der Waals surface area (Å²) in [7, 11) is -5.14. The van der Waals surface area contributed by atoms with Crippen LogP contribution in [0.25, 0.3) is 0 Å². The van der Waals surface area contributed by atoms with Crippen molar-refractivity contribution in [2.24, 2.45) is 0 Å². The number of ether oxygens (including phenoxy) is 4. The average Bonchev–Trinajstić information content (AvgIpc) is 3.12. The van der Waals surface area contributed by atoms with Gasteiger partial charge in [0.1, 0.15) is 24.9 Å². The molecule has 1 N–H and O–H groups in total. The Kier molecular flexibility index (Phi) is 10.5. The first-order valence-corrected chi connectivity index (χ1v) is 17.0. The predicted molar refractivity (Wildman–Crippen MR) is 142 cm³/mol. The fraction of sp³-hybridized carbons (Fsp3) is 0.680. The van der Waals surface area contributed by atoms with E-state index in [0.29, 0.717) is 0 Å². The summed E-state index contributed by atoms with van der Waals surface area (Å²) in [4.78, 5) is 25.5. The van der Waals surface area contributed by atoms with Gasteiger partial charge < -0.3 is 28.7 Å². The standard InChI is InChI=1S/C25H41NO10SSi/c1-24(2,3)38(8,9)33-16-18(36-37(7,29)30)20-21(35-25(4,5)34-20)19(22(27)31-6)26-23(28)32-15-17-13-11-10-12-14-17/h10-14,18-21H,15-16H2,1-9H3,(H,26,28)/t18-,19-,20-,21-/m1/s1. The quantitative estimate of drug-likeness (QED) is 0.238. The Labute approximate surface area is 226 Å². The molecule has 11 nitrogen and oxygen atoms in total. The Morgan fingerprint density at radius 3 is 2.21 bits per heavy atom. The van der Waals surface area contributed by atoms with Crippen molar-refractivity contribution in [3.05, 3.63) is 35.9 Å². The molecule has 0 spiro atoms. The molecule has 1 saturated heterocycles. The van der Waals surface area contributed by atoms with Crippen LogP contribution in [0.3, 0.4) is 0 Å². The molecule has 0 bridgehead atoms. The van der Waals surface area contributed by atoms with Crippen LogP contribution in [0, 0.1) is 0 Å². The molecular weight excluding hydrogens is 534 g/mol. The molecule has 2 rings (SSSR count). The Morgan fingerprint density at radius 2 is 1.68 bits per heavy atom. The van der Waals surface area contributed by atoms with Crippen molar-refractivity contribution in [2.45, 2.75) is 89.5 Å². The lowest BCUT2D eigenvalue weighted by molar-refractivity contribution is -0.161. The van der Waals surface area contributed by atoms with Crippen LogP contribution in [-0.2, 0) is 49.1 Å². The summed E-state index contributed by atoms with van der Waals surface area (Å²) in [6.07, 6.45) is -3.46. The molecule has 0 saturated carbocycles. The maximum Gasteiger partial charge on any atom is 0.408 e. The lowest BCUT2D eigenvalue weighted by Gasteiger charge is -2.38. The molecule has 38 heavy (non-hydrogen) atoms. The minimum atomic E-state index is -3.97. The van der Waals surface area contributed by atoms with Crippen molar-refractivity contribution < 1.29 is 45.6 Å². The number of amides is 1. The third kappa shape index (κ3) is 9.31. The van der Waals surface area contributed by atoms with Gasteiger partial charge in [-0.1, -0.05) is 51.1 Å². The van der Waals surface area contributed by atoms with Crippen LogP contribution < -0.4 is 5.32 Å². The van der Waals surface area contributed by atoms with E-state index in [1.807, 2.05) is 39.9 Å². The number of benzene rings is 1. The highest BCUT2D eigenvalue weighted by Gasteiger charge is 2.53. The molecule has 0 aliphatic carbocycles. The Morgan fingerprint density at radius 1 is 1.11 bits per heavy atom. The number of rotatable bonds is 11. The molecule has 1 aliphatic heterocycles. The van der Waals surface area contributed by atoms with Crippen LogP contribution in [-0.4, -0.2) is 78.9 Å². The van der Waals surface area contributed by atoms with Crippen molar-refractivity contribution in [3.8, 4) is 0 Å². The Hall–Kier alpha value is -2.03. The number of alkyl carbamates (subject to hydrolysis) is 1. The second-order valence-corrected chi connectivity index (χ2v) is 17.6. The molecule has 1 aromatic rings. The number of carbonyl (C=O) groups excluding carboxylic acids is 2. The molecule has 0 unspecified atom stereocenters. The molecular formula is C25H41NO10SSi. The van der Waals surface area contributed by atoms with Gasteiger partial charge >= 0.3 is 12.1 Å². The second-order valence-electron chi connectivity index (χ2n) is 11.2. The van der Waals surface area contributed by atoms with Crippen molar-refractivity contribution in [2.75, 3.05) is 20.0 Å². The number of nitrogens with one attached hydrogen (secondary N) is 1. The van der Waals surface area contributed by atoms with Crippen LogP contribution in [0.4, 0.5) is 4.79 Å². The Bertz CT molecular complexity index is 1060. The van der Waals surface area contributed by atoms with E-state index in [1.165, 1.54) is 0 Å². The monoisotopic (exact) mass is 575 g/mol. The number of esters is 1. The van der Waals surface area contributed by atoms with Gasteiger partial charge in [-0.2, -0.15) is 8.42 Å². The molecule has 1 aromatic carbocycles. The SMILES string of the molecule is COC(=O)[C@H](NC(=O)OCc1ccccc1)[C@H]1OC(C)(C)O[C@@H]1[C@@H](CO[Si](C)(C)C(C)(C)C)OS(C)(=O)=O. The van der Waals surface area contributed by atoms with E-state index in [0.717, 1.165) is 18.9 Å². The zero-order chi connectivity index (χ0) is 28.9. The molecule has 0 radical (unpaired) electrons. The minimum Gasteiger partial charge on any atom is -0.467 e. The van der Waals surface area contributed by atoms with Crippen LogP contribution in [0.2, 0.25) is 18.1 Å². The van der Waals surface area contributed by atoms with Gasteiger partial charge in [-0.05, 0) is 37.5 Å². The number of methoxy groups -OCH3 is 1. The normalized spacial score (nSPS) is 21.4. The topological polar surface area (TPSA) is 136 Å². The lowest BCUT2D eigenvalue weighted by atomic mass is 10.0. The largest absolute Gasteiger partial charge is 0.467 e. The third-order valence-corrected chi connectivity index (χ3v) is 11.6. The van der Waals surface area contributed by atoms with Gasteiger partial charge in [0.15, 0.2) is 20.1 Å². The number of hydrogen-bond donors (Lipinski definition) is 1. The summed E-state index contributed by atoms with van der Waals surface area (Å²) in [5.74, 6) is -2.07. The van der Waals surface area contributed by atoms with Crippen LogP contribution in [0.5, 0.6) is 0 Å². The fourth-order valence-electron chi connectivity index (χ4n) is 3.57. The van der Waals surface area contributed by atoms with Crippen LogP contribution >= 0.6 is 0 Å². The molecule has 0 aromatic heterocycles. The summed E-state index contributed by atoms with van der Waals surface area (Å²) < 4.78 is 58.3. The van der Waals surface area contributed by atoms with E-state index in [1.54, 1.807) is 38.1 Å².